The Balaban J connectivity index is 1.16. The van der Waals surface area contributed by atoms with Crippen molar-refractivity contribution in [3.63, 3.8) is 0 Å². The Morgan fingerprint density at radius 2 is 1.90 bits per heavy atom. The maximum atomic E-state index is 13.4. The van der Waals surface area contributed by atoms with Crippen LogP contribution >= 0.6 is 0 Å². The summed E-state index contributed by atoms with van der Waals surface area (Å²) in [5, 5.41) is 12.2. The van der Waals surface area contributed by atoms with E-state index in [1.165, 1.54) is 38.1 Å². The van der Waals surface area contributed by atoms with E-state index in [0.717, 1.165) is 42.7 Å². The molecule has 1 aromatic carbocycles. The van der Waals surface area contributed by atoms with Gasteiger partial charge in [-0.1, -0.05) is 12.1 Å². The highest BCUT2D eigenvalue weighted by Crippen LogP contribution is 2.41. The number of benzene rings is 1. The number of nitrogens with one attached hydrogen (secondary N) is 1. The molecule has 1 aromatic heterocycles. The summed E-state index contributed by atoms with van der Waals surface area (Å²) in [7, 11) is 0. The SMILES string of the molecule is CC1(C)CC(N2C[C@H]3CC(Nc4ccc(-c5cccc(F)c5)nn4)C[C@H]3C2)CCO1. The number of halogens is 1. The first kappa shape index (κ1) is 19.9. The van der Waals surface area contributed by atoms with Crippen molar-refractivity contribution in [3.05, 3.63) is 42.2 Å². The van der Waals surface area contributed by atoms with Crippen LogP contribution in [0.25, 0.3) is 11.3 Å². The van der Waals surface area contributed by atoms with Gasteiger partial charge in [0.25, 0.3) is 0 Å². The second-order valence-electron chi connectivity index (χ2n) is 9.86. The van der Waals surface area contributed by atoms with Crippen LogP contribution in [0.3, 0.4) is 0 Å². The van der Waals surface area contributed by atoms with Crippen LogP contribution in [-0.2, 0) is 4.74 Å². The van der Waals surface area contributed by atoms with Gasteiger partial charge in [0, 0.05) is 37.3 Å². The van der Waals surface area contributed by atoms with Crippen LogP contribution < -0.4 is 5.32 Å². The van der Waals surface area contributed by atoms with E-state index in [-0.39, 0.29) is 11.4 Å². The average molecular weight is 411 g/mol. The summed E-state index contributed by atoms with van der Waals surface area (Å²) in [6.07, 6.45) is 4.70. The zero-order valence-corrected chi connectivity index (χ0v) is 17.9. The van der Waals surface area contributed by atoms with Crippen LogP contribution in [0.1, 0.15) is 39.5 Å². The summed E-state index contributed by atoms with van der Waals surface area (Å²) in [5.74, 6) is 2.09. The largest absolute Gasteiger partial charge is 0.375 e. The monoisotopic (exact) mass is 410 g/mol. The Hall–Kier alpha value is -2.05. The fraction of sp³-hybridized carbons (Fsp3) is 0.583. The Labute approximate surface area is 178 Å². The minimum atomic E-state index is -0.257. The molecule has 3 fully saturated rings. The zero-order valence-electron chi connectivity index (χ0n) is 17.9. The normalized spacial score (nSPS) is 30.9. The van der Waals surface area contributed by atoms with Gasteiger partial charge in [0.15, 0.2) is 0 Å². The lowest BCUT2D eigenvalue weighted by Gasteiger charge is -2.40. The number of ether oxygens (including phenoxy) is 1. The van der Waals surface area contributed by atoms with E-state index in [2.05, 4.69) is 34.3 Å². The second kappa shape index (κ2) is 7.89. The van der Waals surface area contributed by atoms with Gasteiger partial charge in [-0.15, -0.1) is 10.2 Å². The molecule has 2 aliphatic heterocycles. The summed E-state index contributed by atoms with van der Waals surface area (Å²) in [6.45, 7) is 7.76. The molecule has 1 N–H and O–H groups in total. The first-order valence-electron chi connectivity index (χ1n) is 11.2. The maximum absolute atomic E-state index is 13.4. The fourth-order valence-corrected chi connectivity index (χ4v) is 5.68. The molecule has 3 aliphatic rings. The number of rotatable bonds is 4. The molecule has 6 heteroatoms. The lowest BCUT2D eigenvalue weighted by molar-refractivity contribution is -0.0811. The summed E-state index contributed by atoms with van der Waals surface area (Å²) in [5.41, 5.74) is 1.46. The van der Waals surface area contributed by atoms with Crippen LogP contribution in [0.5, 0.6) is 0 Å². The Kier molecular flexibility index (Phi) is 5.23. The summed E-state index contributed by atoms with van der Waals surface area (Å²) in [6, 6.07) is 11.5. The molecule has 160 valence electrons. The predicted molar refractivity (Wildman–Crippen MR) is 116 cm³/mol. The number of likely N-dealkylation sites (tertiary alicyclic amines) is 1. The first-order valence-corrected chi connectivity index (χ1v) is 11.2. The molecular formula is C24H31FN4O. The summed E-state index contributed by atoms with van der Waals surface area (Å²) < 4.78 is 19.3. The van der Waals surface area contributed by atoms with E-state index in [4.69, 9.17) is 4.74 Å². The third-order valence-corrected chi connectivity index (χ3v) is 7.10. The lowest BCUT2D eigenvalue weighted by atomic mass is 9.93. The molecule has 2 unspecified atom stereocenters. The van der Waals surface area contributed by atoms with Crippen molar-refractivity contribution in [1.29, 1.82) is 0 Å². The smallest absolute Gasteiger partial charge is 0.148 e. The van der Waals surface area contributed by atoms with Crippen LogP contribution in [0, 0.1) is 17.7 Å². The van der Waals surface area contributed by atoms with Gasteiger partial charge in [-0.05, 0) is 75.6 Å². The van der Waals surface area contributed by atoms with Crippen molar-refractivity contribution in [2.75, 3.05) is 25.0 Å². The van der Waals surface area contributed by atoms with Gasteiger partial charge in [0.05, 0.1) is 11.3 Å². The molecule has 0 spiro atoms. The molecule has 5 rings (SSSR count). The number of hydrogen-bond donors (Lipinski definition) is 1. The molecule has 4 atom stereocenters. The van der Waals surface area contributed by atoms with E-state index < -0.39 is 0 Å². The maximum Gasteiger partial charge on any atom is 0.148 e. The Morgan fingerprint density at radius 3 is 2.57 bits per heavy atom. The standard InChI is InChI=1S/C24H31FN4O/c1-24(2)13-21(8-9-30-24)29-14-17-11-20(12-18(17)15-29)26-23-7-6-22(27-28-23)16-4-3-5-19(25)10-16/h3-7,10,17-18,20-21H,8-9,11-15H2,1-2H3,(H,26,28)/t17-,18+,20?,21?. The number of fused-ring (bicyclic) bond motifs is 1. The minimum absolute atomic E-state index is 0.0149. The van der Waals surface area contributed by atoms with Crippen LogP contribution in [0.2, 0.25) is 0 Å². The molecule has 5 nitrogen and oxygen atoms in total. The molecule has 1 saturated carbocycles. The molecule has 0 bridgehead atoms. The van der Waals surface area contributed by atoms with Crippen molar-refractivity contribution in [1.82, 2.24) is 15.1 Å². The highest BCUT2D eigenvalue weighted by Gasteiger charge is 2.44. The molecule has 30 heavy (non-hydrogen) atoms. The van der Waals surface area contributed by atoms with E-state index in [0.29, 0.717) is 17.8 Å². The van der Waals surface area contributed by atoms with Gasteiger partial charge >= 0.3 is 0 Å². The molecule has 3 heterocycles. The number of hydrogen-bond acceptors (Lipinski definition) is 5. The van der Waals surface area contributed by atoms with Crippen molar-refractivity contribution in [3.8, 4) is 11.3 Å². The Bertz CT molecular complexity index is 873. The van der Waals surface area contributed by atoms with E-state index in [1.54, 1.807) is 6.07 Å². The third-order valence-electron chi connectivity index (χ3n) is 7.10. The quantitative estimate of drug-likeness (QED) is 0.812. The summed E-state index contributed by atoms with van der Waals surface area (Å²) in [4.78, 5) is 2.73. The van der Waals surface area contributed by atoms with Crippen molar-refractivity contribution >= 4 is 5.82 Å². The molecule has 2 saturated heterocycles. The molecule has 2 aromatic rings. The number of aromatic nitrogens is 2. The van der Waals surface area contributed by atoms with Gasteiger partial charge in [-0.2, -0.15) is 0 Å². The average Bonchev–Trinajstić information content (AvgIpc) is 3.26. The van der Waals surface area contributed by atoms with Gasteiger partial charge in [-0.3, -0.25) is 4.90 Å². The van der Waals surface area contributed by atoms with E-state index >= 15 is 0 Å². The topological polar surface area (TPSA) is 50.3 Å². The summed E-state index contributed by atoms with van der Waals surface area (Å²) >= 11 is 0. The number of nitrogens with zero attached hydrogens (tertiary/aromatic N) is 3. The van der Waals surface area contributed by atoms with Gasteiger partial charge < -0.3 is 10.1 Å². The van der Waals surface area contributed by atoms with Gasteiger partial charge in [0.2, 0.25) is 0 Å². The van der Waals surface area contributed by atoms with Crippen molar-refractivity contribution in [2.45, 2.75) is 57.2 Å². The first-order chi connectivity index (χ1) is 14.4. The zero-order chi connectivity index (χ0) is 20.7. The van der Waals surface area contributed by atoms with Gasteiger partial charge in [0.1, 0.15) is 11.6 Å². The van der Waals surface area contributed by atoms with Crippen LogP contribution in [0.15, 0.2) is 36.4 Å². The molecule has 1 aliphatic carbocycles. The molecule has 0 amide bonds. The van der Waals surface area contributed by atoms with Crippen LogP contribution in [0.4, 0.5) is 10.2 Å². The Morgan fingerprint density at radius 1 is 1.10 bits per heavy atom. The number of anilines is 1. The third kappa shape index (κ3) is 4.21. The molecule has 0 radical (unpaired) electrons. The fourth-order valence-electron chi connectivity index (χ4n) is 5.68. The van der Waals surface area contributed by atoms with E-state index in [9.17, 15) is 4.39 Å². The van der Waals surface area contributed by atoms with Crippen molar-refractivity contribution < 1.29 is 9.13 Å². The molecular weight excluding hydrogens is 379 g/mol. The highest BCUT2D eigenvalue weighted by atomic mass is 19.1. The van der Waals surface area contributed by atoms with Crippen molar-refractivity contribution in [2.24, 2.45) is 11.8 Å². The van der Waals surface area contributed by atoms with Gasteiger partial charge in [-0.25, -0.2) is 4.39 Å². The van der Waals surface area contributed by atoms with E-state index in [1.807, 2.05) is 18.2 Å². The lowest BCUT2D eigenvalue weighted by Crippen LogP contribution is -2.45. The minimum Gasteiger partial charge on any atom is -0.375 e. The van der Waals surface area contributed by atoms with Crippen LogP contribution in [-0.4, -0.2) is 52.5 Å². The predicted octanol–water partition coefficient (Wildman–Crippen LogP) is 4.36. The second-order valence-corrected chi connectivity index (χ2v) is 9.86. The highest BCUT2D eigenvalue weighted by molar-refractivity contribution is 5.59.